The van der Waals surface area contributed by atoms with Crippen LogP contribution >= 0.6 is 15.9 Å². The van der Waals surface area contributed by atoms with Crippen molar-refractivity contribution in [3.8, 4) is 5.82 Å². The second-order valence-corrected chi connectivity index (χ2v) is 3.33. The SMILES string of the molecule is Nc1c(Br)cnn1-c1ccccn1. The van der Waals surface area contributed by atoms with Crippen molar-refractivity contribution in [2.24, 2.45) is 0 Å². The average Bonchev–Trinajstić information content (AvgIpc) is 2.49. The van der Waals surface area contributed by atoms with Gasteiger partial charge in [-0.25, -0.2) is 4.98 Å². The number of nitrogens with zero attached hydrogens (tertiary/aromatic N) is 3. The highest BCUT2D eigenvalue weighted by Crippen LogP contribution is 2.20. The number of anilines is 1. The molecule has 0 saturated carbocycles. The summed E-state index contributed by atoms with van der Waals surface area (Å²) in [4.78, 5) is 4.12. The first-order valence-corrected chi connectivity index (χ1v) is 4.49. The van der Waals surface area contributed by atoms with Crippen LogP contribution in [0.1, 0.15) is 0 Å². The molecule has 0 aliphatic carbocycles. The molecule has 0 unspecified atom stereocenters. The van der Waals surface area contributed by atoms with E-state index in [4.69, 9.17) is 5.73 Å². The van der Waals surface area contributed by atoms with Gasteiger partial charge in [-0.05, 0) is 28.1 Å². The minimum Gasteiger partial charge on any atom is -0.383 e. The van der Waals surface area contributed by atoms with Crippen molar-refractivity contribution in [1.82, 2.24) is 14.8 Å². The standard InChI is InChI=1S/C8H7BrN4/c9-6-5-12-13(8(6)10)7-3-1-2-4-11-7/h1-5H,10H2. The van der Waals surface area contributed by atoms with Crippen LogP contribution in [0, 0.1) is 0 Å². The van der Waals surface area contributed by atoms with Crippen LogP contribution < -0.4 is 5.73 Å². The third-order valence-corrected chi connectivity index (χ3v) is 2.24. The Bertz CT molecular complexity index is 409. The summed E-state index contributed by atoms with van der Waals surface area (Å²) < 4.78 is 2.35. The molecule has 0 radical (unpaired) electrons. The topological polar surface area (TPSA) is 56.7 Å². The lowest BCUT2D eigenvalue weighted by atomic mass is 10.5. The molecule has 2 aromatic heterocycles. The monoisotopic (exact) mass is 238 g/mol. The van der Waals surface area contributed by atoms with Gasteiger partial charge in [-0.1, -0.05) is 6.07 Å². The van der Waals surface area contributed by atoms with Gasteiger partial charge in [-0.2, -0.15) is 9.78 Å². The molecule has 2 aromatic rings. The molecule has 0 spiro atoms. The van der Waals surface area contributed by atoms with Crippen LogP contribution in [0.2, 0.25) is 0 Å². The van der Waals surface area contributed by atoms with Crippen molar-refractivity contribution < 1.29 is 0 Å². The number of hydrogen-bond acceptors (Lipinski definition) is 3. The maximum atomic E-state index is 5.75. The van der Waals surface area contributed by atoms with Crippen LogP contribution in [0.4, 0.5) is 5.82 Å². The van der Waals surface area contributed by atoms with Gasteiger partial charge in [0.05, 0.1) is 10.7 Å². The van der Waals surface area contributed by atoms with Gasteiger partial charge in [0.2, 0.25) is 0 Å². The van der Waals surface area contributed by atoms with Gasteiger partial charge in [0.1, 0.15) is 5.82 Å². The number of aromatic nitrogens is 3. The van der Waals surface area contributed by atoms with Crippen molar-refractivity contribution in [2.75, 3.05) is 5.73 Å². The first-order valence-electron chi connectivity index (χ1n) is 3.69. The quantitative estimate of drug-likeness (QED) is 0.822. The van der Waals surface area contributed by atoms with Gasteiger partial charge in [-0.3, -0.25) is 0 Å². The molecule has 0 aromatic carbocycles. The Morgan fingerprint density at radius 1 is 1.38 bits per heavy atom. The second-order valence-electron chi connectivity index (χ2n) is 2.48. The van der Waals surface area contributed by atoms with Crippen LogP contribution in [0.5, 0.6) is 0 Å². The van der Waals surface area contributed by atoms with Crippen LogP contribution in [0.15, 0.2) is 35.1 Å². The van der Waals surface area contributed by atoms with Gasteiger partial charge in [0.25, 0.3) is 0 Å². The Morgan fingerprint density at radius 3 is 2.77 bits per heavy atom. The number of hydrogen-bond donors (Lipinski definition) is 1. The molecule has 0 fully saturated rings. The van der Waals surface area contributed by atoms with Gasteiger partial charge < -0.3 is 5.73 Å². The summed E-state index contributed by atoms with van der Waals surface area (Å²) in [6.07, 6.45) is 3.34. The highest BCUT2D eigenvalue weighted by atomic mass is 79.9. The summed E-state index contributed by atoms with van der Waals surface area (Å²) in [7, 11) is 0. The van der Waals surface area contributed by atoms with Gasteiger partial charge in [0.15, 0.2) is 5.82 Å². The minimum absolute atomic E-state index is 0.554. The third kappa shape index (κ3) is 1.42. The number of halogens is 1. The summed E-state index contributed by atoms with van der Waals surface area (Å²) in [5.74, 6) is 1.27. The molecule has 13 heavy (non-hydrogen) atoms. The van der Waals surface area contributed by atoms with Gasteiger partial charge >= 0.3 is 0 Å². The predicted molar refractivity (Wildman–Crippen MR) is 53.5 cm³/mol. The molecule has 2 heterocycles. The fourth-order valence-corrected chi connectivity index (χ4v) is 1.26. The summed E-state index contributed by atoms with van der Waals surface area (Å²) in [5.41, 5.74) is 5.75. The van der Waals surface area contributed by atoms with Crippen molar-refractivity contribution in [2.45, 2.75) is 0 Å². The summed E-state index contributed by atoms with van der Waals surface area (Å²) in [6, 6.07) is 5.57. The Morgan fingerprint density at radius 2 is 2.23 bits per heavy atom. The normalized spacial score (nSPS) is 10.2. The first-order chi connectivity index (χ1) is 6.29. The highest BCUT2D eigenvalue weighted by molar-refractivity contribution is 9.10. The van der Waals surface area contributed by atoms with Crippen molar-refractivity contribution >= 4 is 21.7 Å². The zero-order valence-corrected chi connectivity index (χ0v) is 8.27. The molecule has 2 N–H and O–H groups in total. The number of nitrogens with two attached hydrogens (primary N) is 1. The van der Waals surface area contributed by atoms with E-state index >= 15 is 0 Å². The Kier molecular flexibility index (Phi) is 2.02. The molecule has 0 aliphatic heterocycles. The molecule has 0 atom stereocenters. The molecule has 0 amide bonds. The third-order valence-electron chi connectivity index (χ3n) is 1.63. The average molecular weight is 239 g/mol. The van der Waals surface area contributed by atoms with Gasteiger partial charge in [0, 0.05) is 6.20 Å². The van der Waals surface area contributed by atoms with Crippen molar-refractivity contribution in [3.05, 3.63) is 35.1 Å². The van der Waals surface area contributed by atoms with Crippen LogP contribution in [0.3, 0.4) is 0 Å². The van der Waals surface area contributed by atoms with Crippen molar-refractivity contribution in [3.63, 3.8) is 0 Å². The number of rotatable bonds is 1. The van der Waals surface area contributed by atoms with E-state index in [0.29, 0.717) is 11.6 Å². The van der Waals surface area contributed by atoms with E-state index < -0.39 is 0 Å². The number of nitrogen functional groups attached to an aromatic ring is 1. The summed E-state index contributed by atoms with van der Waals surface area (Å²) in [5, 5.41) is 4.07. The Balaban J connectivity index is 2.53. The predicted octanol–water partition coefficient (Wildman–Crippen LogP) is 1.61. The number of pyridine rings is 1. The fraction of sp³-hybridized carbons (Fsp3) is 0. The lowest BCUT2D eigenvalue weighted by molar-refractivity contribution is 0.857. The maximum absolute atomic E-state index is 5.75. The Hall–Kier alpha value is -1.36. The van der Waals surface area contributed by atoms with E-state index in [1.165, 1.54) is 0 Å². The molecule has 2 rings (SSSR count). The van der Waals surface area contributed by atoms with Crippen molar-refractivity contribution in [1.29, 1.82) is 0 Å². The summed E-state index contributed by atoms with van der Waals surface area (Å²) >= 11 is 3.28. The van der Waals surface area contributed by atoms with Crippen LogP contribution in [0.25, 0.3) is 5.82 Å². The minimum atomic E-state index is 0.554. The highest BCUT2D eigenvalue weighted by Gasteiger charge is 2.05. The van der Waals surface area contributed by atoms with Gasteiger partial charge in [-0.15, -0.1) is 0 Å². The molecule has 0 aliphatic rings. The smallest absolute Gasteiger partial charge is 0.155 e. The van der Waals surface area contributed by atoms with E-state index in [0.717, 1.165) is 4.47 Å². The molecule has 5 heteroatoms. The molecular formula is C8H7BrN4. The molecule has 0 bridgehead atoms. The lowest BCUT2D eigenvalue weighted by Gasteiger charge is -2.01. The van der Waals surface area contributed by atoms with E-state index in [2.05, 4.69) is 26.0 Å². The zero-order chi connectivity index (χ0) is 9.26. The molecule has 4 nitrogen and oxygen atoms in total. The Labute approximate surface area is 83.5 Å². The molecule has 0 saturated heterocycles. The van der Waals surface area contributed by atoms with Crippen LogP contribution in [-0.2, 0) is 0 Å². The molecular weight excluding hydrogens is 232 g/mol. The van der Waals surface area contributed by atoms with E-state index in [9.17, 15) is 0 Å². The lowest BCUT2D eigenvalue weighted by Crippen LogP contribution is -2.03. The van der Waals surface area contributed by atoms with E-state index in [1.807, 2.05) is 18.2 Å². The van der Waals surface area contributed by atoms with E-state index in [-0.39, 0.29) is 0 Å². The van der Waals surface area contributed by atoms with Crippen LogP contribution in [-0.4, -0.2) is 14.8 Å². The summed E-state index contributed by atoms with van der Waals surface area (Å²) in [6.45, 7) is 0. The maximum Gasteiger partial charge on any atom is 0.155 e. The largest absolute Gasteiger partial charge is 0.383 e. The zero-order valence-electron chi connectivity index (χ0n) is 6.68. The van der Waals surface area contributed by atoms with E-state index in [1.54, 1.807) is 17.1 Å². The second kappa shape index (κ2) is 3.18. The fourth-order valence-electron chi connectivity index (χ4n) is 1.000. The first kappa shape index (κ1) is 8.25. The molecule has 66 valence electrons.